The average molecular weight is 994 g/mol. The van der Waals surface area contributed by atoms with Crippen LogP contribution in [0.15, 0.2) is 0 Å². The van der Waals surface area contributed by atoms with Crippen molar-refractivity contribution in [2.24, 2.45) is 5.73 Å². The molecule has 18 N–H and O–H groups in total. The number of hydrogen-bond acceptors (Lipinski definition) is 17. The Morgan fingerprint density at radius 3 is 0.928 bits per heavy atom. The summed E-state index contributed by atoms with van der Waals surface area (Å²) in [5, 5.41) is 89.8. The summed E-state index contributed by atoms with van der Waals surface area (Å²) in [5.41, 5.74) is 5.65. The molecule has 69 heavy (non-hydrogen) atoms. The number of nitrogens with one attached hydrogen (secondary N) is 8. The van der Waals surface area contributed by atoms with Gasteiger partial charge in [-0.3, -0.25) is 67.1 Å². The van der Waals surface area contributed by atoms with Crippen LogP contribution in [0, 0.1) is 0 Å². The number of aliphatic carboxylic acids is 7. The van der Waals surface area contributed by atoms with Gasteiger partial charge in [-0.2, -0.15) is 0 Å². The summed E-state index contributed by atoms with van der Waals surface area (Å²) >= 11 is 0. The number of aliphatic hydroxyl groups excluding tert-OH is 1. The van der Waals surface area contributed by atoms with Gasteiger partial charge in [0.1, 0.15) is 36.3 Å². The monoisotopic (exact) mass is 993 g/mol. The number of hydrogen-bond donors (Lipinski definition) is 17. The molecular formula is C37H55N9O23. The number of carboxylic acids is 7. The summed E-state index contributed by atoms with van der Waals surface area (Å²) in [7, 11) is 0. The molecule has 0 saturated carbocycles. The minimum Gasteiger partial charge on any atom is -0.481 e. The van der Waals surface area contributed by atoms with E-state index in [1.807, 2.05) is 21.3 Å². The van der Waals surface area contributed by atoms with Crippen molar-refractivity contribution >= 4 is 89.0 Å². The molecule has 0 heterocycles. The van der Waals surface area contributed by atoms with Crippen LogP contribution in [0.1, 0.15) is 77.0 Å². The lowest BCUT2D eigenvalue weighted by Crippen LogP contribution is -2.57. The SMILES string of the molecule is N[C@@H](CCC(=O)O)C(=O)N[C@@H](CCC(=O)O)C(=O)N[C@@H](CCC(=O)O)C(=O)NCC(=O)N[C@@H](CO)C(=O)NCC(=O)N[C@@H](CCC(=O)O)C(=O)N[C@@H](CCC(=O)O)C(=O)N[C@@H](CCC(=O)O)C(=O)O. The Morgan fingerprint density at radius 2 is 0.594 bits per heavy atom. The molecule has 0 saturated heterocycles. The zero-order valence-electron chi connectivity index (χ0n) is 36.4. The van der Waals surface area contributed by atoms with E-state index in [0.29, 0.717) is 0 Å². The van der Waals surface area contributed by atoms with Gasteiger partial charge in [0.05, 0.1) is 25.7 Å². The maximum absolute atomic E-state index is 13.2. The number of aliphatic hydroxyl groups is 1. The second-order valence-electron chi connectivity index (χ2n) is 14.6. The molecule has 0 unspecified atom stereocenters. The Labute approximate surface area is 388 Å². The van der Waals surface area contributed by atoms with Crippen LogP contribution in [-0.4, -0.2) is 192 Å². The molecule has 0 aliphatic rings. The fourth-order valence-electron chi connectivity index (χ4n) is 5.44. The second-order valence-corrected chi connectivity index (χ2v) is 14.6. The maximum Gasteiger partial charge on any atom is 0.326 e. The van der Waals surface area contributed by atoms with Crippen molar-refractivity contribution in [3.05, 3.63) is 0 Å². The number of carbonyl (C=O) groups excluding carboxylic acids is 8. The van der Waals surface area contributed by atoms with Crippen molar-refractivity contribution in [2.45, 2.75) is 119 Å². The van der Waals surface area contributed by atoms with E-state index >= 15 is 0 Å². The molecular weight excluding hydrogens is 938 g/mol. The van der Waals surface area contributed by atoms with Crippen molar-refractivity contribution in [1.82, 2.24) is 42.5 Å². The highest BCUT2D eigenvalue weighted by Gasteiger charge is 2.32. The van der Waals surface area contributed by atoms with E-state index in [9.17, 15) is 87.2 Å². The van der Waals surface area contributed by atoms with Gasteiger partial charge in [0, 0.05) is 38.5 Å². The minimum atomic E-state index is -1.85. The van der Waals surface area contributed by atoms with E-state index in [2.05, 4.69) is 21.3 Å². The average Bonchev–Trinajstić information content (AvgIpc) is 3.26. The Kier molecular flexibility index (Phi) is 28.1. The number of rotatable bonds is 36. The van der Waals surface area contributed by atoms with E-state index in [0.717, 1.165) is 0 Å². The summed E-state index contributed by atoms with van der Waals surface area (Å²) in [5.74, 6) is -19.9. The van der Waals surface area contributed by atoms with Gasteiger partial charge in [-0.25, -0.2) is 4.79 Å². The quantitative estimate of drug-likeness (QED) is 0.0277. The van der Waals surface area contributed by atoms with Crippen LogP contribution in [0.4, 0.5) is 0 Å². The fraction of sp³-hybridized carbons (Fsp3) is 0.595. The molecule has 7 atom stereocenters. The highest BCUT2D eigenvalue weighted by molar-refractivity contribution is 5.97. The number of carbonyl (C=O) groups is 15. The molecule has 0 bridgehead atoms. The summed E-state index contributed by atoms with van der Waals surface area (Å²) in [6.07, 6.45) is -7.79. The molecule has 0 aliphatic carbocycles. The Bertz CT molecular complexity index is 1930. The largest absolute Gasteiger partial charge is 0.481 e. The molecule has 0 aromatic carbocycles. The first-order valence-corrected chi connectivity index (χ1v) is 20.4. The predicted molar refractivity (Wildman–Crippen MR) is 222 cm³/mol. The standard InChI is InChI=1S/C37H55N9O23/c38-16(1-7-25(50)51)31(62)43-19(4-10-28(56)57)35(66)44-17(2-8-26(52)53)32(63)39-14-24(49)42-22(15-47)33(64)40-13-23(48)41-18(3-9-27(54)55)34(65)45-20(5-11-29(58)59)36(67)46-21(37(68)69)6-12-30(60)61/h16-22,47H,1-15,38H2,(H,39,63)(H,40,64)(H,41,48)(H,42,49)(H,43,62)(H,44,66)(H,45,65)(H,46,67)(H,50,51)(H,52,53)(H,54,55)(H,56,57)(H,58,59)(H,60,61)(H,68,69)/t16-,17-,18-,19-,20-,21-,22-/m0/s1. The van der Waals surface area contributed by atoms with Crippen molar-refractivity contribution < 1.29 is 113 Å². The summed E-state index contributed by atoms with van der Waals surface area (Å²) in [6, 6.07) is -12.2. The lowest BCUT2D eigenvalue weighted by Gasteiger charge is -2.24. The molecule has 32 heteroatoms. The fourth-order valence-corrected chi connectivity index (χ4v) is 5.44. The zero-order valence-corrected chi connectivity index (χ0v) is 36.4. The van der Waals surface area contributed by atoms with E-state index in [4.69, 9.17) is 31.3 Å². The number of carboxylic acid groups (broad SMARTS) is 7. The van der Waals surface area contributed by atoms with Gasteiger partial charge >= 0.3 is 41.8 Å². The van der Waals surface area contributed by atoms with Crippen LogP contribution < -0.4 is 48.3 Å². The zero-order chi connectivity index (χ0) is 53.0. The van der Waals surface area contributed by atoms with Gasteiger partial charge in [0.15, 0.2) is 0 Å². The maximum atomic E-state index is 13.2. The molecule has 0 aliphatic heterocycles. The lowest BCUT2D eigenvalue weighted by atomic mass is 10.1. The van der Waals surface area contributed by atoms with Gasteiger partial charge in [-0.1, -0.05) is 0 Å². The van der Waals surface area contributed by atoms with Gasteiger partial charge in [-0.05, 0) is 38.5 Å². The first-order chi connectivity index (χ1) is 32.2. The van der Waals surface area contributed by atoms with Crippen molar-refractivity contribution in [1.29, 1.82) is 0 Å². The molecule has 0 aromatic rings. The minimum absolute atomic E-state index is 0.377. The lowest BCUT2D eigenvalue weighted by molar-refractivity contribution is -0.144. The molecule has 8 amide bonds. The topological polar surface area (TPSA) is 540 Å². The Hall–Kier alpha value is -8.03. The molecule has 0 fully saturated rings. The van der Waals surface area contributed by atoms with Crippen LogP contribution in [-0.2, 0) is 71.9 Å². The molecule has 0 aromatic heterocycles. The number of amides is 8. The third kappa shape index (κ3) is 27.3. The van der Waals surface area contributed by atoms with Gasteiger partial charge < -0.3 is 89.1 Å². The summed E-state index contributed by atoms with van der Waals surface area (Å²) < 4.78 is 0. The van der Waals surface area contributed by atoms with E-state index in [1.165, 1.54) is 0 Å². The highest BCUT2D eigenvalue weighted by Crippen LogP contribution is 2.07. The van der Waals surface area contributed by atoms with Crippen LogP contribution in [0.2, 0.25) is 0 Å². The Balaban J connectivity index is 5.82. The Morgan fingerprint density at radius 1 is 0.333 bits per heavy atom. The summed E-state index contributed by atoms with van der Waals surface area (Å²) in [6.45, 7) is -3.18. The van der Waals surface area contributed by atoms with Crippen LogP contribution >= 0.6 is 0 Å². The molecule has 386 valence electrons. The first kappa shape index (κ1) is 61.0. The third-order valence-electron chi connectivity index (χ3n) is 9.09. The van der Waals surface area contributed by atoms with Crippen LogP contribution in [0.3, 0.4) is 0 Å². The van der Waals surface area contributed by atoms with Crippen molar-refractivity contribution in [3.63, 3.8) is 0 Å². The van der Waals surface area contributed by atoms with E-state index in [1.54, 1.807) is 0 Å². The van der Waals surface area contributed by atoms with Crippen molar-refractivity contribution in [2.75, 3.05) is 19.7 Å². The first-order valence-electron chi connectivity index (χ1n) is 20.4. The van der Waals surface area contributed by atoms with Gasteiger partial charge in [0.2, 0.25) is 47.3 Å². The number of nitrogens with two attached hydrogens (primary N) is 1. The van der Waals surface area contributed by atoms with Gasteiger partial charge in [-0.15, -0.1) is 0 Å². The predicted octanol–water partition coefficient (Wildman–Crippen LogP) is -7.28. The molecule has 32 nitrogen and oxygen atoms in total. The van der Waals surface area contributed by atoms with Crippen LogP contribution in [0.5, 0.6) is 0 Å². The smallest absolute Gasteiger partial charge is 0.326 e. The van der Waals surface area contributed by atoms with Crippen LogP contribution in [0.25, 0.3) is 0 Å². The molecule has 0 rings (SSSR count). The van der Waals surface area contributed by atoms with E-state index in [-0.39, 0.29) is 6.42 Å². The highest BCUT2D eigenvalue weighted by atomic mass is 16.4. The molecule has 0 radical (unpaired) electrons. The van der Waals surface area contributed by atoms with Crippen molar-refractivity contribution in [3.8, 4) is 0 Å². The van der Waals surface area contributed by atoms with Gasteiger partial charge in [0.25, 0.3) is 0 Å². The normalized spacial score (nSPS) is 13.7. The summed E-state index contributed by atoms with van der Waals surface area (Å²) in [4.78, 5) is 181. The second kappa shape index (κ2) is 31.8. The van der Waals surface area contributed by atoms with E-state index < -0.39 is 222 Å². The molecule has 0 spiro atoms. The third-order valence-corrected chi connectivity index (χ3v) is 9.09.